The van der Waals surface area contributed by atoms with Gasteiger partial charge in [-0.1, -0.05) is 30.3 Å². The maximum Gasteiger partial charge on any atom is 0.331 e. The zero-order valence-corrected chi connectivity index (χ0v) is 15.0. The van der Waals surface area contributed by atoms with Crippen molar-refractivity contribution < 1.29 is 19.1 Å². The van der Waals surface area contributed by atoms with Crippen LogP contribution in [0.2, 0.25) is 0 Å². The molecule has 0 aromatic heterocycles. The Morgan fingerprint density at radius 2 is 1.61 bits per heavy atom. The molecule has 1 fully saturated rings. The monoisotopic (exact) mass is 375 g/mol. The predicted octanol–water partition coefficient (Wildman–Crippen LogP) is 2.50. The summed E-state index contributed by atoms with van der Waals surface area (Å²) in [6.45, 7) is 1.75. The van der Waals surface area contributed by atoms with E-state index in [9.17, 15) is 14.4 Å². The first-order chi connectivity index (χ1) is 13.7. The first-order valence-corrected chi connectivity index (χ1v) is 9.12. The van der Waals surface area contributed by atoms with E-state index in [1.807, 2.05) is 6.07 Å². The number of amides is 3. The van der Waals surface area contributed by atoms with E-state index in [2.05, 4.69) is 5.32 Å². The lowest BCUT2D eigenvalue weighted by atomic mass is 10.0. The number of carbonyl (C=O) groups is 3. The average molecular weight is 375 g/mol. The van der Waals surface area contributed by atoms with Crippen LogP contribution in [0.5, 0.6) is 0 Å². The predicted molar refractivity (Wildman–Crippen MR) is 103 cm³/mol. The van der Waals surface area contributed by atoms with E-state index in [1.54, 1.807) is 47.4 Å². The van der Waals surface area contributed by atoms with Gasteiger partial charge in [-0.25, -0.2) is 9.69 Å². The fourth-order valence-corrected chi connectivity index (χ4v) is 3.84. The fourth-order valence-electron chi connectivity index (χ4n) is 3.84. The first-order valence-electron chi connectivity index (χ1n) is 9.12. The molecule has 2 aromatic carbocycles. The van der Waals surface area contributed by atoms with Gasteiger partial charge in [0.25, 0.3) is 5.91 Å². The Kier molecular flexibility index (Phi) is 3.77. The van der Waals surface area contributed by atoms with Gasteiger partial charge in [-0.05, 0) is 18.2 Å². The number of urea groups is 1. The molecule has 3 aliphatic rings. The van der Waals surface area contributed by atoms with E-state index < -0.39 is 5.91 Å². The number of Topliss-reactive ketones (excluding diaryl/α,β-unsaturated/α-hetero) is 1. The number of imide groups is 1. The standard InChI is InChI=1S/C21H17N3O4/c25-19-13-5-1-3-7-15(13)22-18(19)17-14-6-2-4-8-16(14)24(20(17)26)21(27)23-9-11-28-12-10-23/h1-8,22H,9-12H2/b18-17-. The normalized spacial score (nSPS) is 20.9. The lowest BCUT2D eigenvalue weighted by molar-refractivity contribution is -0.112. The zero-order chi connectivity index (χ0) is 19.3. The number of anilines is 2. The Labute approximate surface area is 161 Å². The van der Waals surface area contributed by atoms with Crippen LogP contribution < -0.4 is 10.2 Å². The molecule has 0 radical (unpaired) electrons. The zero-order valence-electron chi connectivity index (χ0n) is 15.0. The molecule has 0 bridgehead atoms. The Bertz CT molecular complexity index is 1050. The molecule has 1 N–H and O–H groups in total. The molecule has 0 saturated carbocycles. The molecule has 1 saturated heterocycles. The Balaban J connectivity index is 1.61. The number of hydrogen-bond donors (Lipinski definition) is 1. The van der Waals surface area contributed by atoms with Crippen LogP contribution in [0.4, 0.5) is 16.2 Å². The number of nitrogens with zero attached hydrogens (tertiary/aromatic N) is 2. The van der Waals surface area contributed by atoms with Gasteiger partial charge >= 0.3 is 6.03 Å². The summed E-state index contributed by atoms with van der Waals surface area (Å²) in [6, 6.07) is 13.8. The van der Waals surface area contributed by atoms with Crippen molar-refractivity contribution in [1.29, 1.82) is 0 Å². The number of ketones is 1. The summed E-state index contributed by atoms with van der Waals surface area (Å²) < 4.78 is 5.30. The van der Waals surface area contributed by atoms with Gasteiger partial charge in [0.15, 0.2) is 0 Å². The summed E-state index contributed by atoms with van der Waals surface area (Å²) in [5.41, 5.74) is 2.72. The van der Waals surface area contributed by atoms with Gasteiger partial charge in [0.1, 0.15) is 5.70 Å². The summed E-state index contributed by atoms with van der Waals surface area (Å²) in [5, 5.41) is 3.07. The third-order valence-corrected chi connectivity index (χ3v) is 5.21. The number of carbonyl (C=O) groups excluding carboxylic acids is 3. The second-order valence-electron chi connectivity index (χ2n) is 6.79. The van der Waals surface area contributed by atoms with Crippen molar-refractivity contribution in [3.63, 3.8) is 0 Å². The van der Waals surface area contributed by atoms with Crippen molar-refractivity contribution >= 4 is 34.7 Å². The molecular weight excluding hydrogens is 358 g/mol. The SMILES string of the molecule is O=C1/C(=C2/C(=O)N(C(=O)N3CCOCC3)c3ccccc32)Nc2ccccc21. The largest absolute Gasteiger partial charge is 0.378 e. The smallest absolute Gasteiger partial charge is 0.331 e. The molecule has 3 heterocycles. The van der Waals surface area contributed by atoms with Gasteiger partial charge in [0.05, 0.1) is 24.5 Å². The second-order valence-corrected chi connectivity index (χ2v) is 6.79. The van der Waals surface area contributed by atoms with Crippen molar-refractivity contribution in [3.8, 4) is 0 Å². The van der Waals surface area contributed by atoms with Crippen LogP contribution in [-0.4, -0.2) is 48.9 Å². The maximum atomic E-state index is 13.3. The van der Waals surface area contributed by atoms with Gasteiger partial charge in [-0.15, -0.1) is 0 Å². The molecule has 3 aliphatic heterocycles. The molecule has 7 nitrogen and oxygen atoms in total. The molecule has 0 unspecified atom stereocenters. The summed E-state index contributed by atoms with van der Waals surface area (Å²) in [4.78, 5) is 42.1. The van der Waals surface area contributed by atoms with Gasteiger partial charge in [-0.2, -0.15) is 0 Å². The Hall–Kier alpha value is -3.45. The number of allylic oxidation sites excluding steroid dienone is 1. The molecule has 3 amide bonds. The number of morpholine rings is 1. The third kappa shape index (κ3) is 2.36. The minimum Gasteiger partial charge on any atom is -0.378 e. The molecule has 140 valence electrons. The number of fused-ring (bicyclic) bond motifs is 2. The Morgan fingerprint density at radius 3 is 2.36 bits per heavy atom. The lowest BCUT2D eigenvalue weighted by Gasteiger charge is -2.30. The molecule has 0 aliphatic carbocycles. The van der Waals surface area contributed by atoms with E-state index >= 15 is 0 Å². The lowest BCUT2D eigenvalue weighted by Crippen LogP contribution is -2.49. The topological polar surface area (TPSA) is 79.0 Å². The van der Waals surface area contributed by atoms with Crippen LogP contribution in [0.25, 0.3) is 5.57 Å². The van der Waals surface area contributed by atoms with Crippen molar-refractivity contribution in [2.45, 2.75) is 0 Å². The number of hydrogen-bond acceptors (Lipinski definition) is 5. The van der Waals surface area contributed by atoms with E-state index in [4.69, 9.17) is 4.74 Å². The number of nitrogens with one attached hydrogen (secondary N) is 1. The molecule has 7 heteroatoms. The number of para-hydroxylation sites is 2. The van der Waals surface area contributed by atoms with E-state index in [1.165, 1.54) is 4.90 Å². The van der Waals surface area contributed by atoms with Gasteiger partial charge in [-0.3, -0.25) is 9.59 Å². The van der Waals surface area contributed by atoms with Crippen LogP contribution in [0.15, 0.2) is 54.2 Å². The molecule has 0 spiro atoms. The Morgan fingerprint density at radius 1 is 0.929 bits per heavy atom. The minimum atomic E-state index is -0.485. The van der Waals surface area contributed by atoms with Crippen LogP contribution in [-0.2, 0) is 9.53 Å². The summed E-state index contributed by atoms with van der Waals surface area (Å²) in [5.74, 6) is -0.726. The highest BCUT2D eigenvalue weighted by molar-refractivity contribution is 6.44. The van der Waals surface area contributed by atoms with Crippen LogP contribution in [0, 0.1) is 0 Å². The number of ether oxygens (including phenoxy) is 1. The van der Waals surface area contributed by atoms with E-state index in [-0.39, 0.29) is 23.1 Å². The van der Waals surface area contributed by atoms with Crippen molar-refractivity contribution in [1.82, 2.24) is 4.90 Å². The van der Waals surface area contributed by atoms with Gasteiger partial charge < -0.3 is 15.0 Å². The molecule has 2 aromatic rings. The molecule has 5 rings (SSSR count). The van der Waals surface area contributed by atoms with Crippen LogP contribution in [0.1, 0.15) is 15.9 Å². The van der Waals surface area contributed by atoms with Crippen molar-refractivity contribution in [3.05, 3.63) is 65.4 Å². The van der Waals surface area contributed by atoms with Crippen LogP contribution in [0.3, 0.4) is 0 Å². The van der Waals surface area contributed by atoms with Crippen molar-refractivity contribution in [2.24, 2.45) is 0 Å². The second kappa shape index (κ2) is 6.31. The van der Waals surface area contributed by atoms with E-state index in [0.29, 0.717) is 48.8 Å². The van der Waals surface area contributed by atoms with Crippen molar-refractivity contribution in [2.75, 3.05) is 36.5 Å². The summed E-state index contributed by atoms with van der Waals surface area (Å²) in [6.07, 6.45) is 0. The van der Waals surface area contributed by atoms with E-state index in [0.717, 1.165) is 0 Å². The molecular formula is C21H17N3O4. The van der Waals surface area contributed by atoms with Gasteiger partial charge in [0.2, 0.25) is 5.78 Å². The highest BCUT2D eigenvalue weighted by atomic mass is 16.5. The summed E-state index contributed by atoms with van der Waals surface area (Å²) >= 11 is 0. The average Bonchev–Trinajstić information content (AvgIpc) is 3.22. The molecule has 0 atom stereocenters. The summed E-state index contributed by atoms with van der Waals surface area (Å²) in [7, 11) is 0. The highest BCUT2D eigenvalue weighted by Gasteiger charge is 2.43. The highest BCUT2D eigenvalue weighted by Crippen LogP contribution is 2.42. The van der Waals surface area contributed by atoms with Gasteiger partial charge in [0, 0.05) is 29.9 Å². The first kappa shape index (κ1) is 16.7. The maximum absolute atomic E-state index is 13.3. The number of benzene rings is 2. The van der Waals surface area contributed by atoms with Crippen LogP contribution >= 0.6 is 0 Å². The minimum absolute atomic E-state index is 0.218. The quantitative estimate of drug-likeness (QED) is 0.716. The number of rotatable bonds is 0. The third-order valence-electron chi connectivity index (χ3n) is 5.21. The molecule has 28 heavy (non-hydrogen) atoms. The fraction of sp³-hybridized carbons (Fsp3) is 0.190.